The summed E-state index contributed by atoms with van der Waals surface area (Å²) in [7, 11) is -3.94. The quantitative estimate of drug-likeness (QED) is 0.813. The first-order valence-electron chi connectivity index (χ1n) is 7.04. The lowest BCUT2D eigenvalue weighted by atomic mass is 10.2. The number of aromatic carboxylic acids is 1. The number of hydrogen-bond acceptors (Lipinski definition) is 4. The van der Waals surface area contributed by atoms with Gasteiger partial charge < -0.3 is 10.4 Å². The number of carboxylic acid groups (broad SMARTS) is 1. The van der Waals surface area contributed by atoms with E-state index in [4.69, 9.17) is 5.11 Å². The van der Waals surface area contributed by atoms with E-state index >= 15 is 0 Å². The van der Waals surface area contributed by atoms with Crippen LogP contribution in [0.4, 0.5) is 15.8 Å². The Kier molecular flexibility index (Phi) is 5.38. The summed E-state index contributed by atoms with van der Waals surface area (Å²) in [6.07, 6.45) is 0.845. The maximum absolute atomic E-state index is 13.9. The smallest absolute Gasteiger partial charge is 0.337 e. The summed E-state index contributed by atoms with van der Waals surface area (Å²) < 4.78 is 38.4. The normalized spacial score (nSPS) is 11.0. The van der Waals surface area contributed by atoms with Crippen molar-refractivity contribution in [3.63, 3.8) is 0 Å². The van der Waals surface area contributed by atoms with Crippen molar-refractivity contribution in [2.75, 3.05) is 22.4 Å². The lowest BCUT2D eigenvalue weighted by Crippen LogP contribution is -2.38. The molecule has 2 aromatic rings. The Bertz CT molecular complexity index is 914. The molecule has 0 bridgehead atoms. The average molecular weight is 366 g/mol. The zero-order chi connectivity index (χ0) is 18.6. The molecule has 2 rings (SSSR count). The highest BCUT2D eigenvalue weighted by atomic mass is 32.2. The maximum Gasteiger partial charge on any atom is 0.337 e. The maximum atomic E-state index is 13.9. The van der Waals surface area contributed by atoms with Crippen molar-refractivity contribution in [3.05, 3.63) is 59.9 Å². The molecule has 0 unspecified atom stereocenters. The third kappa shape index (κ3) is 4.54. The van der Waals surface area contributed by atoms with Crippen molar-refractivity contribution in [1.82, 2.24) is 0 Å². The molecule has 0 saturated carbocycles. The molecular weight excluding hydrogens is 351 g/mol. The van der Waals surface area contributed by atoms with Crippen LogP contribution in [0.25, 0.3) is 0 Å². The number of rotatable bonds is 6. The van der Waals surface area contributed by atoms with Gasteiger partial charge in [0.1, 0.15) is 12.4 Å². The number of hydrogen-bond donors (Lipinski definition) is 2. The Balaban J connectivity index is 2.28. The minimum Gasteiger partial charge on any atom is -0.478 e. The van der Waals surface area contributed by atoms with Gasteiger partial charge in [-0.1, -0.05) is 24.3 Å². The molecule has 0 saturated heterocycles. The van der Waals surface area contributed by atoms with Gasteiger partial charge in [0.25, 0.3) is 0 Å². The second-order valence-electron chi connectivity index (χ2n) is 5.12. The lowest BCUT2D eigenvalue weighted by Gasteiger charge is -2.22. The Labute approximate surface area is 143 Å². The van der Waals surface area contributed by atoms with Crippen molar-refractivity contribution >= 4 is 33.3 Å². The molecule has 0 aliphatic heterocycles. The zero-order valence-electron chi connectivity index (χ0n) is 13.1. The standard InChI is InChI=1S/C16H15FN2O5S/c1-25(23,24)19(14-9-5-3-7-12(14)17)10-15(20)18-13-8-4-2-6-11(13)16(21)22/h2-9H,10H2,1H3,(H,18,20)(H,21,22). The van der Waals surface area contributed by atoms with Crippen molar-refractivity contribution in [3.8, 4) is 0 Å². The van der Waals surface area contributed by atoms with E-state index in [0.29, 0.717) is 4.31 Å². The molecule has 132 valence electrons. The Morgan fingerprint density at radius 2 is 1.72 bits per heavy atom. The largest absolute Gasteiger partial charge is 0.478 e. The summed E-state index contributed by atoms with van der Waals surface area (Å²) >= 11 is 0. The zero-order valence-corrected chi connectivity index (χ0v) is 14.0. The van der Waals surface area contributed by atoms with Crippen molar-refractivity contribution in [2.45, 2.75) is 0 Å². The van der Waals surface area contributed by atoms with E-state index < -0.39 is 34.3 Å². The summed E-state index contributed by atoms with van der Waals surface area (Å²) in [5.41, 5.74) is -0.402. The van der Waals surface area contributed by atoms with Gasteiger partial charge in [-0.05, 0) is 24.3 Å². The minimum atomic E-state index is -3.94. The molecule has 0 fully saturated rings. The number of carbonyl (C=O) groups excluding carboxylic acids is 1. The Morgan fingerprint density at radius 1 is 1.12 bits per heavy atom. The van der Waals surface area contributed by atoms with Gasteiger partial charge in [-0.3, -0.25) is 9.10 Å². The summed E-state index contributed by atoms with van der Waals surface area (Å²) in [6.45, 7) is -0.701. The number of para-hydroxylation sites is 2. The SMILES string of the molecule is CS(=O)(=O)N(CC(=O)Nc1ccccc1C(=O)O)c1ccccc1F. The molecule has 0 atom stereocenters. The van der Waals surface area contributed by atoms with Gasteiger partial charge in [0, 0.05) is 0 Å². The van der Waals surface area contributed by atoms with E-state index in [2.05, 4.69) is 5.32 Å². The predicted octanol–water partition coefficient (Wildman–Crippen LogP) is 1.93. The molecule has 0 spiro atoms. The number of amides is 1. The molecule has 0 aromatic heterocycles. The van der Waals surface area contributed by atoms with Crippen LogP contribution >= 0.6 is 0 Å². The molecule has 0 aliphatic carbocycles. The second-order valence-corrected chi connectivity index (χ2v) is 7.03. The highest BCUT2D eigenvalue weighted by Gasteiger charge is 2.24. The highest BCUT2D eigenvalue weighted by Crippen LogP contribution is 2.22. The number of sulfonamides is 1. The van der Waals surface area contributed by atoms with Crippen LogP contribution in [-0.2, 0) is 14.8 Å². The van der Waals surface area contributed by atoms with Crippen LogP contribution < -0.4 is 9.62 Å². The van der Waals surface area contributed by atoms with Gasteiger partial charge in [0.2, 0.25) is 15.9 Å². The summed E-state index contributed by atoms with van der Waals surface area (Å²) in [6, 6.07) is 10.8. The molecule has 1 amide bonds. The molecule has 2 aromatic carbocycles. The number of anilines is 2. The van der Waals surface area contributed by atoms with E-state index in [1.165, 1.54) is 42.5 Å². The number of carbonyl (C=O) groups is 2. The third-order valence-corrected chi connectivity index (χ3v) is 4.37. The van der Waals surface area contributed by atoms with Gasteiger partial charge in [0.15, 0.2) is 0 Å². The molecule has 25 heavy (non-hydrogen) atoms. The fourth-order valence-corrected chi connectivity index (χ4v) is 2.99. The molecule has 0 heterocycles. The van der Waals surface area contributed by atoms with E-state index in [1.807, 2.05) is 0 Å². The molecular formula is C16H15FN2O5S. The lowest BCUT2D eigenvalue weighted by molar-refractivity contribution is -0.114. The fraction of sp³-hybridized carbons (Fsp3) is 0.125. The summed E-state index contributed by atoms with van der Waals surface area (Å²) in [5.74, 6) is -2.85. The van der Waals surface area contributed by atoms with E-state index in [9.17, 15) is 22.4 Å². The highest BCUT2D eigenvalue weighted by molar-refractivity contribution is 7.92. The predicted molar refractivity (Wildman–Crippen MR) is 90.6 cm³/mol. The van der Waals surface area contributed by atoms with Crippen molar-refractivity contribution in [1.29, 1.82) is 0 Å². The number of nitrogens with one attached hydrogen (secondary N) is 1. The first-order chi connectivity index (χ1) is 11.7. The topological polar surface area (TPSA) is 104 Å². The monoisotopic (exact) mass is 366 g/mol. The summed E-state index contributed by atoms with van der Waals surface area (Å²) in [5, 5.41) is 11.4. The van der Waals surface area contributed by atoms with Gasteiger partial charge in [-0.2, -0.15) is 0 Å². The second kappa shape index (κ2) is 7.31. The average Bonchev–Trinajstić information content (AvgIpc) is 2.53. The number of benzene rings is 2. The van der Waals surface area contributed by atoms with Crippen LogP contribution in [0.1, 0.15) is 10.4 Å². The van der Waals surface area contributed by atoms with Crippen molar-refractivity contribution < 1.29 is 27.5 Å². The van der Waals surface area contributed by atoms with Crippen molar-refractivity contribution in [2.24, 2.45) is 0 Å². The van der Waals surface area contributed by atoms with E-state index in [1.54, 1.807) is 0 Å². The first-order valence-corrected chi connectivity index (χ1v) is 8.89. The third-order valence-electron chi connectivity index (χ3n) is 3.24. The Hall–Kier alpha value is -2.94. The van der Waals surface area contributed by atoms with Gasteiger partial charge in [-0.25, -0.2) is 17.6 Å². The number of halogens is 1. The van der Waals surface area contributed by atoms with Crippen LogP contribution in [0.15, 0.2) is 48.5 Å². The van der Waals surface area contributed by atoms with Crippen LogP contribution in [-0.4, -0.2) is 38.2 Å². The van der Waals surface area contributed by atoms with Crippen LogP contribution in [0.5, 0.6) is 0 Å². The molecule has 7 nitrogen and oxygen atoms in total. The fourth-order valence-electron chi connectivity index (χ4n) is 2.13. The summed E-state index contributed by atoms with van der Waals surface area (Å²) in [4.78, 5) is 23.3. The first kappa shape index (κ1) is 18.4. The molecule has 0 radical (unpaired) electrons. The molecule has 2 N–H and O–H groups in total. The molecule has 9 heteroatoms. The van der Waals surface area contributed by atoms with Gasteiger partial charge >= 0.3 is 5.97 Å². The molecule has 0 aliphatic rings. The van der Waals surface area contributed by atoms with Crippen LogP contribution in [0.3, 0.4) is 0 Å². The number of carboxylic acids is 1. The van der Waals surface area contributed by atoms with Gasteiger partial charge in [0.05, 0.1) is 23.2 Å². The van der Waals surface area contributed by atoms with E-state index in [-0.39, 0.29) is 16.9 Å². The van der Waals surface area contributed by atoms with Crippen LogP contribution in [0, 0.1) is 5.82 Å². The van der Waals surface area contributed by atoms with Crippen LogP contribution in [0.2, 0.25) is 0 Å². The Morgan fingerprint density at radius 3 is 2.32 bits per heavy atom. The van der Waals surface area contributed by atoms with E-state index in [0.717, 1.165) is 12.3 Å². The van der Waals surface area contributed by atoms with Gasteiger partial charge in [-0.15, -0.1) is 0 Å². The number of nitrogens with zero attached hydrogens (tertiary/aromatic N) is 1. The minimum absolute atomic E-state index is 0.0157.